The SMILES string of the molecule is COc1ccc(/C=N/NC(=O)COc2ccc(-c3nc4ccccc4c(=O)[nH]3)cc2OC)cc1OC. The molecule has 4 aromatic rings. The standard InChI is InChI=1S/C26H24N4O6/c1-33-20-10-8-16(12-22(20)34-2)14-27-30-24(31)15-36-21-11-9-17(13-23(21)35-3)25-28-19-7-5-4-6-18(19)26(32)29-25/h4-14H,15H2,1-3H3,(H,30,31)(H,28,29,32)/b27-14+. The first-order chi connectivity index (χ1) is 17.5. The van der Waals surface area contributed by atoms with Crippen LogP contribution in [-0.4, -0.2) is 50.0 Å². The minimum Gasteiger partial charge on any atom is -0.493 e. The van der Waals surface area contributed by atoms with Gasteiger partial charge in [0.1, 0.15) is 5.82 Å². The molecule has 10 nitrogen and oxygen atoms in total. The number of H-pyrrole nitrogens is 1. The van der Waals surface area contributed by atoms with E-state index in [0.29, 0.717) is 50.9 Å². The molecule has 0 radical (unpaired) electrons. The number of para-hydroxylation sites is 1. The Morgan fingerprint density at radius 2 is 1.67 bits per heavy atom. The topological polar surface area (TPSA) is 124 Å². The third-order valence-corrected chi connectivity index (χ3v) is 5.22. The molecule has 0 unspecified atom stereocenters. The molecule has 0 spiro atoms. The molecule has 1 heterocycles. The van der Waals surface area contributed by atoms with Gasteiger partial charge < -0.3 is 23.9 Å². The number of rotatable bonds is 9. The van der Waals surface area contributed by atoms with E-state index in [2.05, 4.69) is 20.5 Å². The van der Waals surface area contributed by atoms with E-state index >= 15 is 0 Å². The van der Waals surface area contributed by atoms with Crippen LogP contribution in [0.2, 0.25) is 0 Å². The normalized spacial score (nSPS) is 10.9. The van der Waals surface area contributed by atoms with Crippen LogP contribution in [0.15, 0.2) is 70.6 Å². The van der Waals surface area contributed by atoms with Gasteiger partial charge in [0, 0.05) is 5.56 Å². The second-order valence-electron chi connectivity index (χ2n) is 7.49. The average molecular weight is 489 g/mol. The van der Waals surface area contributed by atoms with Crippen LogP contribution in [0.4, 0.5) is 0 Å². The summed E-state index contributed by atoms with van der Waals surface area (Å²) in [6.45, 7) is -0.288. The quantitative estimate of drug-likeness (QED) is 0.274. The minimum atomic E-state index is -0.460. The maximum Gasteiger partial charge on any atom is 0.277 e. The number of carbonyl (C=O) groups excluding carboxylic acids is 1. The lowest BCUT2D eigenvalue weighted by Crippen LogP contribution is -2.24. The van der Waals surface area contributed by atoms with Crippen molar-refractivity contribution in [2.45, 2.75) is 0 Å². The Hall–Kier alpha value is -4.86. The number of methoxy groups -OCH3 is 3. The molecule has 0 aliphatic carbocycles. The van der Waals surface area contributed by atoms with Gasteiger partial charge in [0.15, 0.2) is 29.6 Å². The van der Waals surface area contributed by atoms with Gasteiger partial charge in [0.05, 0.1) is 38.4 Å². The lowest BCUT2D eigenvalue weighted by atomic mass is 10.1. The summed E-state index contributed by atoms with van der Waals surface area (Å²) in [6.07, 6.45) is 1.48. The van der Waals surface area contributed by atoms with E-state index < -0.39 is 5.91 Å². The zero-order chi connectivity index (χ0) is 25.5. The van der Waals surface area contributed by atoms with Gasteiger partial charge in [-0.15, -0.1) is 0 Å². The molecule has 184 valence electrons. The Kier molecular flexibility index (Phi) is 7.45. The van der Waals surface area contributed by atoms with Crippen LogP contribution in [-0.2, 0) is 4.79 Å². The molecule has 0 saturated carbocycles. The zero-order valence-electron chi connectivity index (χ0n) is 19.9. The van der Waals surface area contributed by atoms with Gasteiger partial charge in [-0.25, -0.2) is 10.4 Å². The number of carbonyl (C=O) groups is 1. The van der Waals surface area contributed by atoms with Gasteiger partial charge in [-0.2, -0.15) is 5.10 Å². The van der Waals surface area contributed by atoms with Crippen LogP contribution < -0.4 is 29.9 Å². The Labute approximate surface area is 206 Å². The molecule has 3 aromatic carbocycles. The summed E-state index contributed by atoms with van der Waals surface area (Å²) in [7, 11) is 4.57. The second kappa shape index (κ2) is 11.0. The van der Waals surface area contributed by atoms with Gasteiger partial charge in [-0.1, -0.05) is 12.1 Å². The third kappa shape index (κ3) is 5.44. The minimum absolute atomic E-state index is 0.236. The summed E-state index contributed by atoms with van der Waals surface area (Å²) in [6, 6.07) is 17.4. The fourth-order valence-corrected chi connectivity index (χ4v) is 3.44. The Morgan fingerprint density at radius 1 is 0.944 bits per heavy atom. The van der Waals surface area contributed by atoms with Crippen LogP contribution in [0.1, 0.15) is 5.56 Å². The maximum absolute atomic E-state index is 12.4. The number of hydrogen-bond donors (Lipinski definition) is 2. The van der Waals surface area contributed by atoms with E-state index in [9.17, 15) is 9.59 Å². The number of nitrogens with one attached hydrogen (secondary N) is 2. The molecule has 0 aliphatic rings. The summed E-state index contributed by atoms with van der Waals surface area (Å²) in [5.41, 5.74) is 4.10. The van der Waals surface area contributed by atoms with Gasteiger partial charge in [0.25, 0.3) is 11.5 Å². The Bertz CT molecular complexity index is 1480. The molecule has 10 heteroatoms. The van der Waals surface area contributed by atoms with Crippen LogP contribution in [0.5, 0.6) is 23.0 Å². The summed E-state index contributed by atoms with van der Waals surface area (Å²) in [4.78, 5) is 31.9. The lowest BCUT2D eigenvalue weighted by Gasteiger charge is -2.12. The number of fused-ring (bicyclic) bond motifs is 1. The Morgan fingerprint density at radius 3 is 2.44 bits per heavy atom. The van der Waals surface area contributed by atoms with Crippen molar-refractivity contribution in [3.63, 3.8) is 0 Å². The number of ether oxygens (including phenoxy) is 4. The molecule has 0 bridgehead atoms. The number of nitrogens with zero attached hydrogens (tertiary/aromatic N) is 2. The molecule has 4 rings (SSSR count). The fraction of sp³-hybridized carbons (Fsp3) is 0.154. The first-order valence-electron chi connectivity index (χ1n) is 10.9. The predicted molar refractivity (Wildman–Crippen MR) is 135 cm³/mol. The summed E-state index contributed by atoms with van der Waals surface area (Å²) >= 11 is 0. The number of benzene rings is 3. The van der Waals surface area contributed by atoms with E-state index in [0.717, 1.165) is 0 Å². The van der Waals surface area contributed by atoms with Crippen LogP contribution in [0.25, 0.3) is 22.3 Å². The van der Waals surface area contributed by atoms with E-state index in [1.165, 1.54) is 20.4 Å². The van der Waals surface area contributed by atoms with Crippen LogP contribution in [0.3, 0.4) is 0 Å². The van der Waals surface area contributed by atoms with E-state index in [-0.39, 0.29) is 12.2 Å². The highest BCUT2D eigenvalue weighted by atomic mass is 16.5. The Balaban J connectivity index is 1.41. The highest BCUT2D eigenvalue weighted by Crippen LogP contribution is 2.31. The first kappa shape index (κ1) is 24.3. The van der Waals surface area contributed by atoms with E-state index in [1.54, 1.807) is 61.7 Å². The smallest absolute Gasteiger partial charge is 0.277 e. The van der Waals surface area contributed by atoms with Crippen molar-refractivity contribution in [2.24, 2.45) is 5.10 Å². The molecule has 0 saturated heterocycles. The summed E-state index contributed by atoms with van der Waals surface area (Å²) < 4.78 is 21.5. The largest absolute Gasteiger partial charge is 0.493 e. The average Bonchev–Trinajstić information content (AvgIpc) is 2.91. The van der Waals surface area contributed by atoms with Gasteiger partial charge >= 0.3 is 0 Å². The fourth-order valence-electron chi connectivity index (χ4n) is 3.44. The molecule has 36 heavy (non-hydrogen) atoms. The monoisotopic (exact) mass is 488 g/mol. The third-order valence-electron chi connectivity index (χ3n) is 5.22. The molecule has 2 N–H and O–H groups in total. The highest BCUT2D eigenvalue weighted by molar-refractivity contribution is 5.84. The van der Waals surface area contributed by atoms with Gasteiger partial charge in [-0.3, -0.25) is 9.59 Å². The van der Waals surface area contributed by atoms with Gasteiger partial charge in [0.2, 0.25) is 0 Å². The first-order valence-corrected chi connectivity index (χ1v) is 10.9. The lowest BCUT2D eigenvalue weighted by molar-refractivity contribution is -0.123. The summed E-state index contributed by atoms with van der Waals surface area (Å²) in [5.74, 6) is 1.81. The molecule has 0 atom stereocenters. The number of aromatic nitrogens is 2. The van der Waals surface area contributed by atoms with E-state index in [4.69, 9.17) is 18.9 Å². The zero-order valence-corrected chi connectivity index (χ0v) is 19.9. The molecule has 1 amide bonds. The van der Waals surface area contributed by atoms with Crippen molar-refractivity contribution in [3.05, 3.63) is 76.6 Å². The predicted octanol–water partition coefficient (Wildman–Crippen LogP) is 3.15. The molecular weight excluding hydrogens is 464 g/mol. The van der Waals surface area contributed by atoms with Crippen molar-refractivity contribution < 1.29 is 23.7 Å². The molecule has 0 aliphatic heterocycles. The highest BCUT2D eigenvalue weighted by Gasteiger charge is 2.12. The number of hydrogen-bond acceptors (Lipinski definition) is 8. The summed E-state index contributed by atoms with van der Waals surface area (Å²) in [5, 5.41) is 4.45. The van der Waals surface area contributed by atoms with E-state index in [1.807, 2.05) is 6.07 Å². The van der Waals surface area contributed by atoms with Crippen molar-refractivity contribution in [1.29, 1.82) is 0 Å². The number of hydrazone groups is 1. The van der Waals surface area contributed by atoms with Crippen LogP contribution in [0, 0.1) is 0 Å². The molecule has 1 aromatic heterocycles. The maximum atomic E-state index is 12.4. The van der Waals surface area contributed by atoms with Crippen molar-refractivity contribution in [1.82, 2.24) is 15.4 Å². The molecule has 0 fully saturated rings. The molecular formula is C26H24N4O6. The van der Waals surface area contributed by atoms with Crippen LogP contribution >= 0.6 is 0 Å². The van der Waals surface area contributed by atoms with Crippen molar-refractivity contribution >= 4 is 23.0 Å². The van der Waals surface area contributed by atoms with Crippen molar-refractivity contribution in [3.8, 4) is 34.4 Å². The van der Waals surface area contributed by atoms with Gasteiger partial charge in [-0.05, 0) is 54.1 Å². The number of amides is 1. The number of aromatic amines is 1. The van der Waals surface area contributed by atoms with Crippen molar-refractivity contribution in [2.75, 3.05) is 27.9 Å². The second-order valence-corrected chi connectivity index (χ2v) is 7.49.